The van der Waals surface area contributed by atoms with Crippen molar-refractivity contribution in [2.45, 2.75) is 0 Å². The van der Waals surface area contributed by atoms with E-state index in [-0.39, 0.29) is 0 Å². The predicted octanol–water partition coefficient (Wildman–Crippen LogP) is -3.52. The Morgan fingerprint density at radius 3 is 1.19 bits per heavy atom. The van der Waals surface area contributed by atoms with Gasteiger partial charge in [-0.1, -0.05) is 0 Å². The second-order valence-electron chi connectivity index (χ2n) is 2.37. The van der Waals surface area contributed by atoms with Gasteiger partial charge < -0.3 is 28.6 Å². The van der Waals surface area contributed by atoms with Gasteiger partial charge in [0.05, 0.1) is 19.6 Å². The van der Waals surface area contributed by atoms with Gasteiger partial charge in [-0.15, -0.1) is 0 Å². The Morgan fingerprint density at radius 1 is 0.750 bits per heavy atom. The van der Waals surface area contributed by atoms with Crippen molar-refractivity contribution in [3.8, 4) is 0 Å². The molecule has 0 aliphatic carbocycles. The molecule has 0 aliphatic heterocycles. The molecule has 6 N–H and O–H groups in total. The molecule has 0 aromatic carbocycles. The molecule has 0 atom stereocenters. The van der Waals surface area contributed by atoms with Crippen LogP contribution in [-0.4, -0.2) is 52.7 Å². The minimum absolute atomic E-state index is 0.427. The van der Waals surface area contributed by atoms with Crippen LogP contribution in [0.2, 0.25) is 0 Å². The van der Waals surface area contributed by atoms with Crippen LogP contribution in [0, 0.1) is 0 Å². The highest BCUT2D eigenvalue weighted by Crippen LogP contribution is 1.94. The third-order valence-electron chi connectivity index (χ3n) is 1.18. The van der Waals surface area contributed by atoms with Crippen molar-refractivity contribution in [1.29, 1.82) is 0 Å². The van der Waals surface area contributed by atoms with Crippen LogP contribution in [0.15, 0.2) is 0 Å². The van der Waals surface area contributed by atoms with Gasteiger partial charge in [-0.3, -0.25) is 14.4 Å². The van der Waals surface area contributed by atoms with Gasteiger partial charge >= 0.3 is 15.1 Å². The molecule has 0 saturated carbocycles. The van der Waals surface area contributed by atoms with Gasteiger partial charge in [-0.25, -0.2) is 0 Å². The van der Waals surface area contributed by atoms with Crippen molar-refractivity contribution in [3.05, 3.63) is 0 Å². The van der Waals surface area contributed by atoms with Crippen molar-refractivity contribution in [2.75, 3.05) is 19.6 Å². The lowest BCUT2D eigenvalue weighted by Crippen LogP contribution is -2.39. The minimum Gasteiger partial charge on any atom is -0.550 e. The van der Waals surface area contributed by atoms with E-state index in [1.54, 1.807) is 0 Å². The molecule has 0 rings (SSSR count). The molecule has 0 bridgehead atoms. The van der Waals surface area contributed by atoms with Crippen LogP contribution >= 0.6 is 0 Å². The molecule has 0 aromatic rings. The summed E-state index contributed by atoms with van der Waals surface area (Å²) in [6, 6.07) is 0. The molecule has 0 aromatic heterocycles. The summed E-state index contributed by atoms with van der Waals surface area (Å²) in [5, 5.41) is 0. The molecule has 0 spiro atoms. The zero-order chi connectivity index (χ0) is 12.6. The molecule has 0 heterocycles. The third kappa shape index (κ3) is 6.33. The fraction of sp³-hybridized carbons (Fsp3) is 0.500. The smallest absolute Gasteiger partial charge is 0.550 e. The molecule has 9 nitrogen and oxygen atoms in total. The van der Waals surface area contributed by atoms with Gasteiger partial charge in [-0.05, 0) is 0 Å². The Balaban J connectivity index is 4.31. The van der Waals surface area contributed by atoms with Gasteiger partial charge in [0, 0.05) is 0 Å². The number of rotatable bonds is 6. The third-order valence-corrected chi connectivity index (χ3v) is 2.55. The van der Waals surface area contributed by atoms with E-state index in [1.165, 1.54) is 0 Å². The number of hydrogen-bond acceptors (Lipinski definition) is 9. The van der Waals surface area contributed by atoms with E-state index < -0.39 is 52.7 Å². The Morgan fingerprint density at radius 2 is 1.00 bits per heavy atom. The summed E-state index contributed by atoms with van der Waals surface area (Å²) in [6.45, 7) is -1.28. The van der Waals surface area contributed by atoms with E-state index >= 15 is 0 Å². The first kappa shape index (κ1) is 14.8. The predicted molar refractivity (Wildman–Crippen MR) is 51.2 cm³/mol. The van der Waals surface area contributed by atoms with Crippen molar-refractivity contribution < 1.29 is 25.7 Å². The second-order valence-corrected chi connectivity index (χ2v) is 3.66. The zero-order valence-electron chi connectivity index (χ0n) is 8.38. The summed E-state index contributed by atoms with van der Waals surface area (Å²) >= 11 is -3.25. The quantitative estimate of drug-likeness (QED) is 0.405. The molecular weight excluding hydrogens is 237 g/mol. The van der Waals surface area contributed by atoms with Crippen molar-refractivity contribution in [2.24, 2.45) is 17.2 Å². The molecule has 0 aliphatic rings. The minimum atomic E-state index is -3.25. The number of nitrogens with two attached hydrogens (primary N) is 3. The lowest BCUT2D eigenvalue weighted by molar-refractivity contribution is -0.146. The van der Waals surface area contributed by atoms with Crippen molar-refractivity contribution in [1.82, 2.24) is 0 Å². The SMILES string of the molecule is NCC(=O)[O][Al]([O]C(=O)CN)[O]C(=O)CN. The molecule has 0 saturated heterocycles. The fourth-order valence-electron chi connectivity index (χ4n) is 0.538. The van der Waals surface area contributed by atoms with Crippen molar-refractivity contribution in [3.63, 3.8) is 0 Å². The Bertz CT molecular complexity index is 230. The summed E-state index contributed by atoms with van der Waals surface area (Å²) < 4.78 is 13.6. The molecule has 10 heteroatoms. The normalized spacial score (nSPS) is 9.19. The first-order chi connectivity index (χ1) is 7.53. The van der Waals surface area contributed by atoms with Gasteiger partial charge in [0.2, 0.25) is 0 Å². The highest BCUT2D eigenvalue weighted by Gasteiger charge is 2.48. The Kier molecular flexibility index (Phi) is 7.44. The maximum Gasteiger partial charge on any atom is 1.20 e. The largest absolute Gasteiger partial charge is 1.20 e. The highest BCUT2D eigenvalue weighted by atomic mass is 27.3. The maximum absolute atomic E-state index is 10.8. The second kappa shape index (κ2) is 8.03. The lowest BCUT2D eigenvalue weighted by Gasteiger charge is -2.11. The number of hydrogen-bond donors (Lipinski definition) is 3. The molecule has 0 amide bonds. The standard InChI is InChI=1S/3C2H5NO2.Al/c3*3-1-2(4)5;/h3*1,3H2,(H,4,5);/q;;;+3/p-3. The van der Waals surface area contributed by atoms with Crippen LogP contribution < -0.4 is 17.2 Å². The maximum atomic E-state index is 10.8. The van der Waals surface area contributed by atoms with Crippen LogP contribution in [0.3, 0.4) is 0 Å². The topological polar surface area (TPSA) is 157 Å². The average molecular weight is 249 g/mol. The summed E-state index contributed by atoms with van der Waals surface area (Å²) in [4.78, 5) is 32.4. The molecule has 0 unspecified atom stereocenters. The summed E-state index contributed by atoms with van der Waals surface area (Å²) in [5.74, 6) is -2.57. The van der Waals surface area contributed by atoms with Gasteiger partial charge in [-0.2, -0.15) is 0 Å². The van der Waals surface area contributed by atoms with Crippen LogP contribution in [-0.2, 0) is 25.7 Å². The highest BCUT2D eigenvalue weighted by molar-refractivity contribution is 6.44. The van der Waals surface area contributed by atoms with Gasteiger partial charge in [0.15, 0.2) is 0 Å². The summed E-state index contributed by atoms with van der Waals surface area (Å²) in [7, 11) is 0. The monoisotopic (exact) mass is 249 g/mol. The zero-order valence-corrected chi connectivity index (χ0v) is 9.53. The number of carbonyl (C=O) groups is 3. The number of carbonyl (C=O) groups excluding carboxylic acids is 3. The molecule has 0 fully saturated rings. The molecular formula is C6H12AlN3O6. The Labute approximate surface area is 96.2 Å². The van der Waals surface area contributed by atoms with Gasteiger partial charge in [0.1, 0.15) is 0 Å². The van der Waals surface area contributed by atoms with E-state index in [0.717, 1.165) is 0 Å². The first-order valence-corrected chi connectivity index (χ1v) is 5.63. The molecule has 0 radical (unpaired) electrons. The van der Waals surface area contributed by atoms with Crippen LogP contribution in [0.4, 0.5) is 0 Å². The molecule has 90 valence electrons. The van der Waals surface area contributed by atoms with Crippen LogP contribution in [0.5, 0.6) is 0 Å². The Hall–Kier alpha value is -1.18. The first-order valence-electron chi connectivity index (χ1n) is 4.22. The fourth-order valence-corrected chi connectivity index (χ4v) is 1.62. The van der Waals surface area contributed by atoms with Crippen LogP contribution in [0.25, 0.3) is 0 Å². The average Bonchev–Trinajstić information content (AvgIpc) is 2.28. The van der Waals surface area contributed by atoms with Crippen LogP contribution in [0.1, 0.15) is 0 Å². The lowest BCUT2D eigenvalue weighted by atomic mass is 10.7. The van der Waals surface area contributed by atoms with E-state index in [1.807, 2.05) is 0 Å². The summed E-state index contributed by atoms with van der Waals surface area (Å²) in [5.41, 5.74) is 14.9. The van der Waals surface area contributed by atoms with E-state index in [2.05, 4.69) is 11.4 Å². The van der Waals surface area contributed by atoms with Crippen molar-refractivity contribution >= 4 is 33.1 Å². The van der Waals surface area contributed by atoms with E-state index in [0.29, 0.717) is 0 Å². The van der Waals surface area contributed by atoms with E-state index in [9.17, 15) is 14.4 Å². The molecule has 16 heavy (non-hydrogen) atoms. The van der Waals surface area contributed by atoms with Gasteiger partial charge in [0.25, 0.3) is 17.9 Å². The summed E-state index contributed by atoms with van der Waals surface area (Å²) in [6.07, 6.45) is 0. The van der Waals surface area contributed by atoms with E-state index in [4.69, 9.17) is 17.2 Å².